The third-order valence-corrected chi connectivity index (χ3v) is 8.87. The van der Waals surface area contributed by atoms with Gasteiger partial charge < -0.3 is 20.4 Å². The van der Waals surface area contributed by atoms with Crippen LogP contribution in [0.2, 0.25) is 0 Å². The quantitative estimate of drug-likeness (QED) is 0.591. The Bertz CT molecular complexity index is 525. The summed E-state index contributed by atoms with van der Waals surface area (Å²) in [5.41, 5.74) is 4.90. The molecule has 8 aliphatic rings. The van der Waals surface area contributed by atoms with E-state index in [0.29, 0.717) is 0 Å². The van der Waals surface area contributed by atoms with Gasteiger partial charge >= 0.3 is 0 Å². The molecule has 0 aromatic heterocycles. The molecule has 8 bridgehead atoms. The summed E-state index contributed by atoms with van der Waals surface area (Å²) >= 11 is 0. The predicted octanol–water partition coefficient (Wildman–Crippen LogP) is 1.68. The van der Waals surface area contributed by atoms with Gasteiger partial charge in [-0.3, -0.25) is 0 Å². The molecule has 132 valence electrons. The maximum Gasteiger partial charge on any atom is 0.0500 e. The molecule has 4 heteroatoms. The summed E-state index contributed by atoms with van der Waals surface area (Å²) in [6.45, 7) is 0.601. The third kappa shape index (κ3) is 1.47. The van der Waals surface area contributed by atoms with Crippen LogP contribution in [0.15, 0.2) is 22.3 Å². The zero-order chi connectivity index (χ0) is 16.8. The second-order valence-corrected chi connectivity index (χ2v) is 9.58. The Morgan fingerprint density at radius 2 is 0.583 bits per heavy atom. The van der Waals surface area contributed by atoms with Gasteiger partial charge in [0.1, 0.15) is 0 Å². The molecule has 0 aliphatic heterocycles. The average molecular weight is 332 g/mol. The van der Waals surface area contributed by atoms with Crippen molar-refractivity contribution in [2.75, 3.05) is 26.4 Å². The van der Waals surface area contributed by atoms with E-state index in [-0.39, 0.29) is 48.1 Å². The molecular weight excluding hydrogens is 304 g/mol. The van der Waals surface area contributed by atoms with Crippen LogP contribution in [0.1, 0.15) is 51.4 Å². The standard InChI is InChI=1S/C20H28O4/c21-9-17-1-13-2-18(17,10-22)6-15(3-17)16-7-19(11-23)4-14(13)5-20(19,8-16)12-24/h21-24H,1-12H2. The highest BCUT2D eigenvalue weighted by molar-refractivity contribution is 5.44. The van der Waals surface area contributed by atoms with Crippen LogP contribution in [0.4, 0.5) is 0 Å². The van der Waals surface area contributed by atoms with Crippen LogP contribution < -0.4 is 0 Å². The van der Waals surface area contributed by atoms with Crippen molar-refractivity contribution >= 4 is 0 Å². The maximum absolute atomic E-state index is 10.3. The van der Waals surface area contributed by atoms with Gasteiger partial charge in [0.05, 0.1) is 0 Å². The zero-order valence-corrected chi connectivity index (χ0v) is 14.3. The minimum absolute atomic E-state index is 0.150. The molecule has 8 aliphatic carbocycles. The normalized spacial score (nSPS) is 48.5. The molecule has 0 heterocycles. The third-order valence-electron chi connectivity index (χ3n) is 8.87. The molecule has 0 spiro atoms. The smallest absolute Gasteiger partial charge is 0.0500 e. The molecule has 4 N–H and O–H groups in total. The number of hydrogen-bond donors (Lipinski definition) is 4. The number of rotatable bonds is 4. The van der Waals surface area contributed by atoms with Crippen molar-refractivity contribution in [3.8, 4) is 0 Å². The van der Waals surface area contributed by atoms with Gasteiger partial charge in [-0.05, 0) is 51.4 Å². The van der Waals surface area contributed by atoms with E-state index in [4.69, 9.17) is 0 Å². The molecule has 0 unspecified atom stereocenters. The Labute approximate surface area is 142 Å². The lowest BCUT2D eigenvalue weighted by Crippen LogP contribution is -2.38. The Hall–Kier alpha value is -0.680. The molecule has 8 rings (SSSR count). The largest absolute Gasteiger partial charge is 0.396 e. The van der Waals surface area contributed by atoms with Crippen molar-refractivity contribution in [2.45, 2.75) is 51.4 Å². The number of aliphatic hydroxyl groups is 4. The van der Waals surface area contributed by atoms with Crippen molar-refractivity contribution in [3.63, 3.8) is 0 Å². The first-order chi connectivity index (χ1) is 11.5. The van der Waals surface area contributed by atoms with Crippen LogP contribution in [-0.2, 0) is 0 Å². The van der Waals surface area contributed by atoms with Crippen molar-refractivity contribution in [3.05, 3.63) is 22.3 Å². The first-order valence-electron chi connectivity index (χ1n) is 9.34. The van der Waals surface area contributed by atoms with E-state index in [2.05, 4.69) is 0 Å². The number of aliphatic hydroxyl groups excluding tert-OH is 4. The minimum Gasteiger partial charge on any atom is -0.396 e. The van der Waals surface area contributed by atoms with E-state index >= 15 is 0 Å². The Kier molecular flexibility index (Phi) is 2.94. The second-order valence-electron chi connectivity index (χ2n) is 9.58. The topological polar surface area (TPSA) is 80.9 Å². The van der Waals surface area contributed by atoms with Crippen molar-refractivity contribution in [1.29, 1.82) is 0 Å². The molecular formula is C20H28O4. The van der Waals surface area contributed by atoms with Gasteiger partial charge in [0.2, 0.25) is 0 Å². The summed E-state index contributed by atoms with van der Waals surface area (Å²) < 4.78 is 0. The molecule has 4 nitrogen and oxygen atoms in total. The lowest BCUT2D eigenvalue weighted by Gasteiger charge is -2.37. The molecule has 0 radical (unpaired) electrons. The van der Waals surface area contributed by atoms with Crippen molar-refractivity contribution in [2.24, 2.45) is 21.7 Å². The fraction of sp³-hybridized carbons (Fsp3) is 0.800. The van der Waals surface area contributed by atoms with E-state index in [9.17, 15) is 20.4 Å². The Morgan fingerprint density at radius 1 is 0.417 bits per heavy atom. The summed E-state index contributed by atoms with van der Waals surface area (Å²) in [6, 6.07) is 0. The summed E-state index contributed by atoms with van der Waals surface area (Å²) in [7, 11) is 0. The zero-order valence-electron chi connectivity index (χ0n) is 14.3. The van der Waals surface area contributed by atoms with Crippen LogP contribution in [0.25, 0.3) is 0 Å². The lowest BCUT2D eigenvalue weighted by atomic mass is 9.69. The highest BCUT2D eigenvalue weighted by Gasteiger charge is 2.66. The first kappa shape index (κ1) is 15.6. The van der Waals surface area contributed by atoms with Gasteiger partial charge in [0.15, 0.2) is 0 Å². The van der Waals surface area contributed by atoms with Crippen molar-refractivity contribution < 1.29 is 20.4 Å². The van der Waals surface area contributed by atoms with Gasteiger partial charge in [-0.15, -0.1) is 0 Å². The second kappa shape index (κ2) is 4.53. The van der Waals surface area contributed by atoms with Gasteiger partial charge in [-0.25, -0.2) is 0 Å². The molecule has 0 atom stereocenters. The van der Waals surface area contributed by atoms with Crippen LogP contribution in [0.3, 0.4) is 0 Å². The van der Waals surface area contributed by atoms with Crippen LogP contribution in [0, 0.1) is 21.7 Å². The van der Waals surface area contributed by atoms with E-state index in [1.807, 2.05) is 0 Å². The fourth-order valence-corrected chi connectivity index (χ4v) is 7.39. The molecule has 0 aromatic rings. The summed E-state index contributed by atoms with van der Waals surface area (Å²) in [5, 5.41) is 41.1. The summed E-state index contributed by atoms with van der Waals surface area (Å²) in [6.07, 6.45) is 7.10. The average Bonchev–Trinajstić information content (AvgIpc) is 3.23. The van der Waals surface area contributed by atoms with E-state index < -0.39 is 0 Å². The van der Waals surface area contributed by atoms with Gasteiger partial charge in [-0.1, -0.05) is 22.3 Å². The maximum atomic E-state index is 10.3. The molecule has 4 saturated carbocycles. The van der Waals surface area contributed by atoms with E-state index in [0.717, 1.165) is 51.4 Å². The predicted molar refractivity (Wildman–Crippen MR) is 89.1 cm³/mol. The van der Waals surface area contributed by atoms with Crippen LogP contribution in [0.5, 0.6) is 0 Å². The minimum atomic E-state index is -0.189. The van der Waals surface area contributed by atoms with Crippen LogP contribution >= 0.6 is 0 Å². The van der Waals surface area contributed by atoms with Gasteiger partial charge in [-0.2, -0.15) is 0 Å². The Morgan fingerprint density at radius 3 is 0.708 bits per heavy atom. The molecule has 0 amide bonds. The SMILES string of the molecule is OCC12CC3=C4CC5(CO)CC(=C(C1)CC2(CO)C3)CC5(CO)C4. The lowest BCUT2D eigenvalue weighted by molar-refractivity contribution is -0.00563. The highest BCUT2D eigenvalue weighted by atomic mass is 16.3. The van der Waals surface area contributed by atoms with Gasteiger partial charge in [0, 0.05) is 48.1 Å². The monoisotopic (exact) mass is 332 g/mol. The molecule has 0 aromatic carbocycles. The van der Waals surface area contributed by atoms with E-state index in [1.54, 1.807) is 0 Å². The number of allylic oxidation sites excluding steroid dienone is 4. The first-order valence-corrected chi connectivity index (χ1v) is 9.34. The summed E-state index contributed by atoms with van der Waals surface area (Å²) in [4.78, 5) is 0. The molecule has 0 saturated heterocycles. The molecule has 24 heavy (non-hydrogen) atoms. The molecule has 4 fully saturated rings. The highest BCUT2D eigenvalue weighted by Crippen LogP contribution is 2.74. The Balaban J connectivity index is 1.75. The number of hydrogen-bond acceptors (Lipinski definition) is 4. The van der Waals surface area contributed by atoms with Crippen LogP contribution in [-0.4, -0.2) is 46.9 Å². The van der Waals surface area contributed by atoms with Crippen molar-refractivity contribution in [1.82, 2.24) is 0 Å². The van der Waals surface area contributed by atoms with Gasteiger partial charge in [0.25, 0.3) is 0 Å². The fourth-order valence-electron chi connectivity index (χ4n) is 7.39. The van der Waals surface area contributed by atoms with E-state index in [1.165, 1.54) is 22.3 Å². The summed E-state index contributed by atoms with van der Waals surface area (Å²) in [5.74, 6) is 0.